The first-order valence-electron chi connectivity index (χ1n) is 4.85. The van der Waals surface area contributed by atoms with E-state index in [4.69, 9.17) is 29.9 Å². The van der Waals surface area contributed by atoms with Crippen LogP contribution in [0.2, 0.25) is 0 Å². The predicted octanol–water partition coefficient (Wildman–Crippen LogP) is -1.45. The van der Waals surface area contributed by atoms with Crippen LogP contribution in [0.25, 0.3) is 0 Å². The topological polar surface area (TPSA) is 134 Å². The van der Waals surface area contributed by atoms with E-state index in [1.165, 1.54) is 0 Å². The maximum atomic E-state index is 9.43. The molecule has 0 saturated heterocycles. The second kappa shape index (κ2) is 14.8. The van der Waals surface area contributed by atoms with Gasteiger partial charge in [0.15, 0.2) is 0 Å². The normalized spacial score (nSPS) is 9.29. The molecule has 0 spiro atoms. The molecule has 0 aliphatic carbocycles. The lowest BCUT2D eigenvalue weighted by Crippen LogP contribution is -2.09. The fraction of sp³-hybridized carbons (Fsp3) is 0.778. The number of aliphatic hydroxyl groups is 2. The van der Waals surface area contributed by atoms with E-state index in [2.05, 4.69) is 0 Å². The van der Waals surface area contributed by atoms with E-state index in [1.807, 2.05) is 0 Å². The summed E-state index contributed by atoms with van der Waals surface area (Å²) >= 11 is 0. The van der Waals surface area contributed by atoms with Gasteiger partial charge in [-0.2, -0.15) is 0 Å². The van der Waals surface area contributed by atoms with Crippen molar-refractivity contribution in [1.82, 2.24) is 0 Å². The van der Waals surface area contributed by atoms with Crippen LogP contribution in [0.3, 0.4) is 0 Å². The minimum atomic E-state index is -1.31. The highest BCUT2D eigenvalue weighted by Gasteiger charge is 2.01. The Hall–Kier alpha value is -1.22. The van der Waals surface area contributed by atoms with E-state index in [1.54, 1.807) is 0 Å². The zero-order chi connectivity index (χ0) is 13.5. The molecule has 102 valence electrons. The van der Waals surface area contributed by atoms with E-state index < -0.39 is 18.4 Å². The van der Waals surface area contributed by atoms with E-state index in [0.717, 1.165) is 0 Å². The Morgan fingerprint density at radius 1 is 0.765 bits per heavy atom. The summed E-state index contributed by atoms with van der Waals surface area (Å²) in [6.07, 6.45) is -0.806. The fourth-order valence-electron chi connectivity index (χ4n) is 0.580. The van der Waals surface area contributed by atoms with Crippen molar-refractivity contribution in [3.8, 4) is 0 Å². The zero-order valence-corrected chi connectivity index (χ0v) is 9.37. The molecule has 0 fully saturated rings. The number of carboxylic acid groups (broad SMARTS) is 2. The molecule has 0 aromatic heterocycles. The zero-order valence-electron chi connectivity index (χ0n) is 9.37. The quantitative estimate of drug-likeness (QED) is 0.290. The number of ether oxygens (including phenoxy) is 2. The first-order valence-corrected chi connectivity index (χ1v) is 4.85. The Balaban J connectivity index is 0. The summed E-state index contributed by atoms with van der Waals surface area (Å²) in [5.74, 6) is -2.62. The molecule has 0 aromatic rings. The standard InChI is InChI=1S/C6H14O4.C3H4O4/c7-1-3-9-5-6-10-4-2-8;4-2(5)1-3(6)7/h7-8H,1-6H2;1H2,(H,4,5)(H,6,7). The van der Waals surface area contributed by atoms with Crippen LogP contribution in [0.4, 0.5) is 0 Å². The van der Waals surface area contributed by atoms with Crippen molar-refractivity contribution >= 4 is 11.9 Å². The van der Waals surface area contributed by atoms with Crippen molar-refractivity contribution in [2.45, 2.75) is 6.42 Å². The molecule has 17 heavy (non-hydrogen) atoms. The molecule has 8 heteroatoms. The van der Waals surface area contributed by atoms with Crippen LogP contribution in [0.1, 0.15) is 6.42 Å². The Kier molecular flexibility index (Phi) is 15.8. The molecule has 0 bridgehead atoms. The molecule has 8 nitrogen and oxygen atoms in total. The van der Waals surface area contributed by atoms with E-state index in [9.17, 15) is 9.59 Å². The SMILES string of the molecule is O=C(O)CC(=O)O.OCCOCCOCCO. The van der Waals surface area contributed by atoms with Gasteiger partial charge in [0, 0.05) is 0 Å². The Bertz CT molecular complexity index is 173. The second-order valence-corrected chi connectivity index (χ2v) is 2.64. The summed E-state index contributed by atoms with van der Waals surface area (Å²) < 4.78 is 9.75. The summed E-state index contributed by atoms with van der Waals surface area (Å²) in [6, 6.07) is 0. The molecular formula is C9H18O8. The second-order valence-electron chi connectivity index (χ2n) is 2.64. The van der Waals surface area contributed by atoms with Gasteiger partial charge in [-0.25, -0.2) is 0 Å². The molecule has 0 amide bonds. The van der Waals surface area contributed by atoms with Crippen LogP contribution in [0.15, 0.2) is 0 Å². The molecular weight excluding hydrogens is 236 g/mol. The van der Waals surface area contributed by atoms with Crippen LogP contribution >= 0.6 is 0 Å². The van der Waals surface area contributed by atoms with Crippen molar-refractivity contribution in [3.63, 3.8) is 0 Å². The number of aliphatic hydroxyl groups excluding tert-OH is 2. The van der Waals surface area contributed by atoms with Gasteiger partial charge < -0.3 is 29.9 Å². The van der Waals surface area contributed by atoms with Gasteiger partial charge in [0.05, 0.1) is 39.6 Å². The predicted molar refractivity (Wildman–Crippen MR) is 55.7 cm³/mol. The van der Waals surface area contributed by atoms with E-state index in [0.29, 0.717) is 26.4 Å². The Labute approximate surface area is 98.4 Å². The lowest BCUT2D eigenvalue weighted by molar-refractivity contribution is -0.147. The fourth-order valence-corrected chi connectivity index (χ4v) is 0.580. The van der Waals surface area contributed by atoms with Crippen LogP contribution in [-0.2, 0) is 19.1 Å². The third kappa shape index (κ3) is 25.2. The molecule has 0 aromatic carbocycles. The van der Waals surface area contributed by atoms with E-state index in [-0.39, 0.29) is 13.2 Å². The molecule has 0 radical (unpaired) electrons. The van der Waals surface area contributed by atoms with Gasteiger partial charge in [-0.3, -0.25) is 9.59 Å². The number of carbonyl (C=O) groups is 2. The molecule has 0 heterocycles. The third-order valence-electron chi connectivity index (χ3n) is 1.15. The molecule has 0 aliphatic rings. The molecule has 4 N–H and O–H groups in total. The van der Waals surface area contributed by atoms with Gasteiger partial charge >= 0.3 is 11.9 Å². The summed E-state index contributed by atoms with van der Waals surface area (Å²) in [5, 5.41) is 31.9. The Morgan fingerprint density at radius 2 is 1.12 bits per heavy atom. The highest BCUT2D eigenvalue weighted by Crippen LogP contribution is 1.76. The first kappa shape index (κ1) is 18.2. The molecule has 0 saturated carbocycles. The van der Waals surface area contributed by atoms with Gasteiger partial charge in [-0.1, -0.05) is 0 Å². The lowest BCUT2D eigenvalue weighted by Gasteiger charge is -2.01. The summed E-state index contributed by atoms with van der Waals surface area (Å²) in [5.41, 5.74) is 0. The summed E-state index contributed by atoms with van der Waals surface area (Å²) in [4.78, 5) is 18.9. The minimum Gasteiger partial charge on any atom is -0.481 e. The van der Waals surface area contributed by atoms with Crippen molar-refractivity contribution in [3.05, 3.63) is 0 Å². The monoisotopic (exact) mass is 254 g/mol. The van der Waals surface area contributed by atoms with Gasteiger partial charge in [0.2, 0.25) is 0 Å². The van der Waals surface area contributed by atoms with E-state index >= 15 is 0 Å². The van der Waals surface area contributed by atoms with Crippen LogP contribution in [0, 0.1) is 0 Å². The number of hydrogen-bond donors (Lipinski definition) is 4. The summed E-state index contributed by atoms with van der Waals surface area (Å²) in [7, 11) is 0. The first-order chi connectivity index (χ1) is 8.04. The van der Waals surface area contributed by atoms with Crippen molar-refractivity contribution in [2.75, 3.05) is 39.6 Å². The van der Waals surface area contributed by atoms with Gasteiger partial charge in [0.1, 0.15) is 6.42 Å². The number of hydrogen-bond acceptors (Lipinski definition) is 6. The number of aliphatic carboxylic acids is 2. The van der Waals surface area contributed by atoms with Gasteiger partial charge in [0.25, 0.3) is 0 Å². The number of rotatable bonds is 9. The minimum absolute atomic E-state index is 0.0417. The lowest BCUT2D eigenvalue weighted by atomic mass is 10.5. The van der Waals surface area contributed by atoms with Crippen LogP contribution < -0.4 is 0 Å². The van der Waals surface area contributed by atoms with Crippen molar-refractivity contribution < 1.29 is 39.5 Å². The third-order valence-corrected chi connectivity index (χ3v) is 1.15. The van der Waals surface area contributed by atoms with Crippen LogP contribution in [-0.4, -0.2) is 72.0 Å². The largest absolute Gasteiger partial charge is 0.481 e. The summed E-state index contributed by atoms with van der Waals surface area (Å²) in [6.45, 7) is 1.73. The maximum Gasteiger partial charge on any atom is 0.314 e. The van der Waals surface area contributed by atoms with Crippen molar-refractivity contribution in [2.24, 2.45) is 0 Å². The van der Waals surface area contributed by atoms with Crippen molar-refractivity contribution in [1.29, 1.82) is 0 Å². The highest BCUT2D eigenvalue weighted by molar-refractivity contribution is 5.88. The molecule has 0 atom stereocenters. The van der Waals surface area contributed by atoms with Gasteiger partial charge in [-0.05, 0) is 0 Å². The molecule has 0 rings (SSSR count). The maximum absolute atomic E-state index is 9.43. The average Bonchev–Trinajstić information content (AvgIpc) is 2.22. The highest BCUT2D eigenvalue weighted by atomic mass is 16.5. The van der Waals surface area contributed by atoms with Gasteiger partial charge in [-0.15, -0.1) is 0 Å². The average molecular weight is 254 g/mol. The smallest absolute Gasteiger partial charge is 0.314 e. The molecule has 0 aliphatic heterocycles. The van der Waals surface area contributed by atoms with Crippen LogP contribution in [0.5, 0.6) is 0 Å². The molecule has 0 unspecified atom stereocenters. The Morgan fingerprint density at radius 3 is 1.29 bits per heavy atom. The number of carboxylic acids is 2.